The molecule has 1 saturated heterocycles. The molecule has 0 bridgehead atoms. The van der Waals surface area contributed by atoms with E-state index in [9.17, 15) is 9.59 Å². The quantitative estimate of drug-likeness (QED) is 0.850. The molecule has 27 heavy (non-hydrogen) atoms. The molecular weight excluding hydrogens is 366 g/mol. The molecule has 2 aromatic rings. The van der Waals surface area contributed by atoms with Gasteiger partial charge in [-0.1, -0.05) is 17.7 Å². The lowest BCUT2D eigenvalue weighted by Gasteiger charge is -2.31. The van der Waals surface area contributed by atoms with Crippen LogP contribution in [0.25, 0.3) is 0 Å². The van der Waals surface area contributed by atoms with Gasteiger partial charge in [0.2, 0.25) is 5.91 Å². The number of hydrogen-bond donors (Lipinski definition) is 1. The first-order valence-electron chi connectivity index (χ1n) is 9.01. The van der Waals surface area contributed by atoms with E-state index in [1.54, 1.807) is 29.2 Å². The molecule has 1 N–H and O–H groups in total. The molecule has 1 aliphatic rings. The van der Waals surface area contributed by atoms with Gasteiger partial charge in [0, 0.05) is 30.8 Å². The summed E-state index contributed by atoms with van der Waals surface area (Å²) in [7, 11) is 0. The largest absolute Gasteiger partial charge is 0.494 e. The summed E-state index contributed by atoms with van der Waals surface area (Å²) in [6.45, 7) is 3.55. The second kappa shape index (κ2) is 8.86. The van der Waals surface area contributed by atoms with Crippen LogP contribution in [0.1, 0.15) is 30.1 Å². The fourth-order valence-corrected chi connectivity index (χ4v) is 3.20. The number of piperidine rings is 1. The molecule has 0 unspecified atom stereocenters. The minimum Gasteiger partial charge on any atom is -0.494 e. The monoisotopic (exact) mass is 387 g/mol. The van der Waals surface area contributed by atoms with E-state index in [0.29, 0.717) is 54.7 Å². The van der Waals surface area contributed by atoms with E-state index in [4.69, 9.17) is 16.3 Å². The van der Waals surface area contributed by atoms with E-state index in [-0.39, 0.29) is 17.7 Å². The molecule has 1 aromatic carbocycles. The fraction of sp³-hybridized carbons (Fsp3) is 0.350. The van der Waals surface area contributed by atoms with Crippen LogP contribution in [0, 0.1) is 5.92 Å². The predicted molar refractivity (Wildman–Crippen MR) is 104 cm³/mol. The second-order valence-corrected chi connectivity index (χ2v) is 6.81. The molecule has 0 spiro atoms. The number of halogens is 1. The van der Waals surface area contributed by atoms with Crippen LogP contribution in [0.2, 0.25) is 5.02 Å². The average molecular weight is 388 g/mol. The van der Waals surface area contributed by atoms with E-state index >= 15 is 0 Å². The maximum absolute atomic E-state index is 12.7. The highest BCUT2D eigenvalue weighted by Crippen LogP contribution is 2.22. The summed E-state index contributed by atoms with van der Waals surface area (Å²) in [6.07, 6.45) is 2.74. The van der Waals surface area contributed by atoms with E-state index < -0.39 is 0 Å². The molecule has 0 radical (unpaired) electrons. The zero-order valence-electron chi connectivity index (χ0n) is 15.2. The van der Waals surface area contributed by atoms with Crippen molar-refractivity contribution in [3.8, 4) is 5.75 Å². The van der Waals surface area contributed by atoms with Crippen molar-refractivity contribution < 1.29 is 14.3 Å². The van der Waals surface area contributed by atoms with Gasteiger partial charge in [-0.3, -0.25) is 9.59 Å². The Morgan fingerprint density at radius 2 is 2.04 bits per heavy atom. The van der Waals surface area contributed by atoms with Crippen LogP contribution in [-0.2, 0) is 4.79 Å². The van der Waals surface area contributed by atoms with Gasteiger partial charge in [-0.15, -0.1) is 0 Å². The van der Waals surface area contributed by atoms with Gasteiger partial charge in [0.05, 0.1) is 11.6 Å². The SMILES string of the molecule is CCOc1cccc(C(=O)N2CCC(C(=O)Nc3ccc(Cl)cn3)CC2)c1. The van der Waals surface area contributed by atoms with Gasteiger partial charge in [0.15, 0.2) is 0 Å². The third kappa shape index (κ3) is 4.98. The predicted octanol–water partition coefficient (Wildman–Crippen LogP) is 3.62. The van der Waals surface area contributed by atoms with Crippen molar-refractivity contribution >= 4 is 29.2 Å². The maximum Gasteiger partial charge on any atom is 0.253 e. The van der Waals surface area contributed by atoms with Crippen LogP contribution in [-0.4, -0.2) is 41.4 Å². The number of likely N-dealkylation sites (tertiary alicyclic amines) is 1. The molecule has 0 atom stereocenters. The Kier molecular flexibility index (Phi) is 6.29. The number of benzene rings is 1. The van der Waals surface area contributed by atoms with Crippen LogP contribution >= 0.6 is 11.6 Å². The lowest BCUT2D eigenvalue weighted by Crippen LogP contribution is -2.41. The summed E-state index contributed by atoms with van der Waals surface area (Å²) in [5, 5.41) is 3.33. The Hall–Kier alpha value is -2.60. The topological polar surface area (TPSA) is 71.5 Å². The van der Waals surface area contributed by atoms with E-state index in [2.05, 4.69) is 10.3 Å². The van der Waals surface area contributed by atoms with Gasteiger partial charge in [0.25, 0.3) is 5.91 Å². The summed E-state index contributed by atoms with van der Waals surface area (Å²) >= 11 is 5.80. The van der Waals surface area contributed by atoms with Gasteiger partial charge in [-0.2, -0.15) is 0 Å². The number of rotatable bonds is 5. The van der Waals surface area contributed by atoms with Crippen molar-refractivity contribution in [2.24, 2.45) is 5.92 Å². The molecule has 0 saturated carbocycles. The molecule has 7 heteroatoms. The minimum absolute atomic E-state index is 0.0326. The second-order valence-electron chi connectivity index (χ2n) is 6.38. The molecule has 0 aliphatic carbocycles. The highest BCUT2D eigenvalue weighted by Gasteiger charge is 2.28. The Balaban J connectivity index is 1.55. The van der Waals surface area contributed by atoms with Gasteiger partial charge in [0.1, 0.15) is 11.6 Å². The number of carbonyl (C=O) groups is 2. The van der Waals surface area contributed by atoms with Crippen molar-refractivity contribution in [3.63, 3.8) is 0 Å². The van der Waals surface area contributed by atoms with Crippen LogP contribution in [0.15, 0.2) is 42.6 Å². The number of amides is 2. The van der Waals surface area contributed by atoms with Crippen LogP contribution in [0.5, 0.6) is 5.75 Å². The van der Waals surface area contributed by atoms with Crippen molar-refractivity contribution in [1.29, 1.82) is 0 Å². The number of ether oxygens (including phenoxy) is 1. The first-order valence-corrected chi connectivity index (χ1v) is 9.39. The van der Waals surface area contributed by atoms with Crippen molar-refractivity contribution in [2.75, 3.05) is 25.0 Å². The van der Waals surface area contributed by atoms with Gasteiger partial charge in [-0.05, 0) is 50.1 Å². The van der Waals surface area contributed by atoms with Crippen molar-refractivity contribution in [1.82, 2.24) is 9.88 Å². The lowest BCUT2D eigenvalue weighted by atomic mass is 9.95. The maximum atomic E-state index is 12.7. The number of hydrogen-bond acceptors (Lipinski definition) is 4. The van der Waals surface area contributed by atoms with Crippen LogP contribution < -0.4 is 10.1 Å². The molecule has 2 heterocycles. The zero-order chi connectivity index (χ0) is 19.2. The normalized spacial score (nSPS) is 14.7. The van der Waals surface area contributed by atoms with Gasteiger partial charge in [-0.25, -0.2) is 4.98 Å². The molecule has 2 amide bonds. The third-order valence-corrected chi connectivity index (χ3v) is 4.75. The van der Waals surface area contributed by atoms with Gasteiger partial charge >= 0.3 is 0 Å². The Morgan fingerprint density at radius 1 is 1.26 bits per heavy atom. The summed E-state index contributed by atoms with van der Waals surface area (Å²) in [6, 6.07) is 10.6. The van der Waals surface area contributed by atoms with Crippen molar-refractivity contribution in [2.45, 2.75) is 19.8 Å². The number of aromatic nitrogens is 1. The first-order chi connectivity index (χ1) is 13.1. The molecular formula is C20H22ClN3O3. The summed E-state index contributed by atoms with van der Waals surface area (Å²) in [4.78, 5) is 31.0. The summed E-state index contributed by atoms with van der Waals surface area (Å²) < 4.78 is 5.46. The highest BCUT2D eigenvalue weighted by molar-refractivity contribution is 6.30. The molecule has 1 aromatic heterocycles. The fourth-order valence-electron chi connectivity index (χ4n) is 3.09. The highest BCUT2D eigenvalue weighted by atomic mass is 35.5. The molecule has 3 rings (SSSR count). The molecule has 1 aliphatic heterocycles. The van der Waals surface area contributed by atoms with E-state index in [1.807, 2.05) is 19.1 Å². The summed E-state index contributed by atoms with van der Waals surface area (Å²) in [5.41, 5.74) is 0.606. The molecule has 1 fully saturated rings. The Bertz CT molecular complexity index is 802. The zero-order valence-corrected chi connectivity index (χ0v) is 15.9. The smallest absolute Gasteiger partial charge is 0.253 e. The number of nitrogens with zero attached hydrogens (tertiary/aromatic N) is 2. The average Bonchev–Trinajstić information content (AvgIpc) is 2.70. The molecule has 142 valence electrons. The van der Waals surface area contributed by atoms with Crippen LogP contribution in [0.3, 0.4) is 0 Å². The van der Waals surface area contributed by atoms with E-state index in [1.165, 1.54) is 6.20 Å². The van der Waals surface area contributed by atoms with E-state index in [0.717, 1.165) is 0 Å². The lowest BCUT2D eigenvalue weighted by molar-refractivity contribution is -0.121. The Labute approximate surface area is 163 Å². The van der Waals surface area contributed by atoms with Crippen molar-refractivity contribution in [3.05, 3.63) is 53.2 Å². The number of pyridine rings is 1. The van der Waals surface area contributed by atoms with Gasteiger partial charge < -0.3 is 15.0 Å². The third-order valence-electron chi connectivity index (χ3n) is 4.52. The number of carbonyl (C=O) groups excluding carboxylic acids is 2. The van der Waals surface area contributed by atoms with Crippen LogP contribution in [0.4, 0.5) is 5.82 Å². The standard InChI is InChI=1S/C20H22ClN3O3/c1-2-27-17-5-3-4-15(12-17)20(26)24-10-8-14(9-11-24)19(25)23-18-7-6-16(21)13-22-18/h3-7,12-14H,2,8-11H2,1H3,(H,22,23,25). The Morgan fingerprint density at radius 3 is 2.70 bits per heavy atom. The number of nitrogens with one attached hydrogen (secondary N) is 1. The minimum atomic E-state index is -0.138. The molecule has 6 nitrogen and oxygen atoms in total. The summed E-state index contributed by atoms with van der Waals surface area (Å²) in [5.74, 6) is 0.926. The first kappa shape index (κ1) is 19.2. The number of anilines is 1.